The van der Waals surface area contributed by atoms with Crippen molar-refractivity contribution in [2.24, 2.45) is 23.2 Å². The van der Waals surface area contributed by atoms with Gasteiger partial charge in [0, 0.05) is 25.0 Å². The van der Waals surface area contributed by atoms with E-state index in [0.29, 0.717) is 28.1 Å². The molecule has 0 aromatic carbocycles. The Morgan fingerprint density at radius 2 is 1.97 bits per heavy atom. The number of pyridine rings is 1. The molecular weight excluding hydrogens is 477 g/mol. The first-order valence-corrected chi connectivity index (χ1v) is 11.7. The van der Waals surface area contributed by atoms with Crippen molar-refractivity contribution in [3.05, 3.63) is 51.1 Å². The van der Waals surface area contributed by atoms with E-state index in [1.807, 2.05) is 0 Å². The number of amides is 1. The summed E-state index contributed by atoms with van der Waals surface area (Å²) in [7, 11) is 0. The molecule has 1 fully saturated rings. The Balaban J connectivity index is 1.72. The number of carbonyl (C=O) groups excluding carboxylic acids is 1. The quantitative estimate of drug-likeness (QED) is 0.608. The van der Waals surface area contributed by atoms with Gasteiger partial charge in [0.1, 0.15) is 4.47 Å². The van der Waals surface area contributed by atoms with Crippen LogP contribution in [0.1, 0.15) is 52.9 Å². The molecule has 32 heavy (non-hydrogen) atoms. The zero-order valence-electron chi connectivity index (χ0n) is 19.1. The van der Waals surface area contributed by atoms with Gasteiger partial charge in [-0.15, -0.1) is 0 Å². The number of hydrogen-bond donors (Lipinski definition) is 2. The van der Waals surface area contributed by atoms with Crippen molar-refractivity contribution in [3.63, 3.8) is 0 Å². The van der Waals surface area contributed by atoms with Crippen molar-refractivity contribution < 1.29 is 9.18 Å². The van der Waals surface area contributed by atoms with Crippen molar-refractivity contribution in [2.45, 2.75) is 59.9 Å². The third-order valence-corrected chi connectivity index (χ3v) is 8.17. The summed E-state index contributed by atoms with van der Waals surface area (Å²) in [4.78, 5) is 28.9. The molecule has 2 aromatic heterocycles. The van der Waals surface area contributed by atoms with Gasteiger partial charge in [-0.1, -0.05) is 34.6 Å². The molecule has 0 spiro atoms. The van der Waals surface area contributed by atoms with E-state index in [4.69, 9.17) is 0 Å². The zero-order chi connectivity index (χ0) is 23.6. The third kappa shape index (κ3) is 4.87. The van der Waals surface area contributed by atoms with Crippen LogP contribution in [0.4, 0.5) is 10.1 Å². The molecule has 0 radical (unpaired) electrons. The van der Waals surface area contributed by atoms with Gasteiger partial charge in [0.05, 0.1) is 11.9 Å². The molecule has 0 saturated heterocycles. The highest BCUT2D eigenvalue weighted by Crippen LogP contribution is 2.48. The monoisotopic (exact) mass is 507 g/mol. The molecule has 2 N–H and O–H groups in total. The summed E-state index contributed by atoms with van der Waals surface area (Å²) in [6.45, 7) is 11.5. The number of rotatable bonds is 6. The van der Waals surface area contributed by atoms with Gasteiger partial charge in [-0.25, -0.2) is 4.39 Å². The maximum Gasteiger partial charge on any atom is 0.286 e. The maximum atomic E-state index is 14.7. The second-order valence-electron chi connectivity index (χ2n) is 9.39. The van der Waals surface area contributed by atoms with Gasteiger partial charge >= 0.3 is 0 Å². The summed E-state index contributed by atoms with van der Waals surface area (Å²) >= 11 is 3.28. The highest BCUT2D eigenvalue weighted by atomic mass is 79.9. The van der Waals surface area contributed by atoms with E-state index in [1.54, 1.807) is 24.5 Å². The van der Waals surface area contributed by atoms with Crippen LogP contribution in [0.2, 0.25) is 0 Å². The highest BCUT2D eigenvalue weighted by molar-refractivity contribution is 9.10. The summed E-state index contributed by atoms with van der Waals surface area (Å²) in [5.74, 6) is 0.422. The van der Waals surface area contributed by atoms with E-state index >= 15 is 0 Å². The number of anilines is 1. The Morgan fingerprint density at radius 1 is 1.31 bits per heavy atom. The summed E-state index contributed by atoms with van der Waals surface area (Å²) in [5.41, 5.74) is 0.800. The van der Waals surface area contributed by atoms with Gasteiger partial charge in [-0.2, -0.15) is 9.78 Å². The lowest BCUT2D eigenvalue weighted by atomic mass is 9.58. The molecule has 1 saturated carbocycles. The number of nitrogens with one attached hydrogen (secondary N) is 2. The van der Waals surface area contributed by atoms with E-state index in [1.165, 1.54) is 6.20 Å². The van der Waals surface area contributed by atoms with Crippen molar-refractivity contribution in [2.75, 3.05) is 5.32 Å². The first-order chi connectivity index (χ1) is 15.0. The number of alkyl halides is 1. The summed E-state index contributed by atoms with van der Waals surface area (Å²) in [5, 5.41) is 9.84. The van der Waals surface area contributed by atoms with Crippen LogP contribution in [0.15, 0.2) is 40.0 Å². The molecule has 9 heteroatoms. The van der Waals surface area contributed by atoms with Crippen LogP contribution in [0.5, 0.6) is 0 Å². The summed E-state index contributed by atoms with van der Waals surface area (Å²) in [6, 6.07) is 3.58. The first kappa shape index (κ1) is 24.4. The fraction of sp³-hybridized carbons (Fsp3) is 0.565. The molecule has 3 rings (SSSR count). The van der Waals surface area contributed by atoms with Crippen LogP contribution in [0.3, 0.4) is 0 Å². The molecule has 0 bridgehead atoms. The van der Waals surface area contributed by atoms with Crippen molar-refractivity contribution in [3.8, 4) is 0 Å². The molecule has 1 unspecified atom stereocenters. The predicted octanol–water partition coefficient (Wildman–Crippen LogP) is 4.30. The van der Waals surface area contributed by atoms with E-state index in [0.717, 1.165) is 12.0 Å². The molecule has 0 aliphatic heterocycles. The molecule has 1 aliphatic rings. The average Bonchev–Trinajstić information content (AvgIpc) is 2.78. The van der Waals surface area contributed by atoms with Crippen molar-refractivity contribution in [1.82, 2.24) is 20.1 Å². The molecule has 2 heterocycles. The predicted molar refractivity (Wildman–Crippen MR) is 126 cm³/mol. The van der Waals surface area contributed by atoms with Crippen LogP contribution < -0.4 is 16.2 Å². The van der Waals surface area contributed by atoms with Gasteiger partial charge in [0.25, 0.3) is 17.8 Å². The first-order valence-electron chi connectivity index (χ1n) is 10.9. The Bertz CT molecular complexity index is 1010. The fourth-order valence-electron chi connectivity index (χ4n) is 4.36. The van der Waals surface area contributed by atoms with Gasteiger partial charge in [0.15, 0.2) is 0 Å². The zero-order valence-corrected chi connectivity index (χ0v) is 20.7. The Kier molecular flexibility index (Phi) is 7.37. The summed E-state index contributed by atoms with van der Waals surface area (Å²) < 4.78 is 15.5. The van der Waals surface area contributed by atoms with Crippen LogP contribution >= 0.6 is 15.9 Å². The maximum absolute atomic E-state index is 14.7. The van der Waals surface area contributed by atoms with Crippen LogP contribution in [0, 0.1) is 23.2 Å². The standard InChI is InChI=1S/C23H31BrFN5O2/c1-13-10-17(14(2)15(3)23(13,4)5)29-18-12-28-30(22(32)19(18)24)20(25)21(31)27-11-16-6-8-26-9-7-16/h6-9,12-15,17,20,29H,10-11H2,1-5H3,(H,27,31)/t13-,14+,15+,17+,20?/m0/s1. The van der Waals surface area contributed by atoms with Gasteiger partial charge in [-0.05, 0) is 63.2 Å². The smallest absolute Gasteiger partial charge is 0.286 e. The number of carbonyl (C=O) groups is 1. The Hall–Kier alpha value is -2.29. The molecule has 174 valence electrons. The molecule has 1 aliphatic carbocycles. The normalized spacial score (nSPS) is 25.7. The second-order valence-corrected chi connectivity index (χ2v) is 10.2. The SMILES string of the molecule is C[C@@H]1[C@@H](C)C(C)(C)[C@@H](C)C[C@H]1Nc1cnn(C(F)C(=O)NCc2ccncc2)c(=O)c1Br. The van der Waals surface area contributed by atoms with Gasteiger partial charge in [-0.3, -0.25) is 14.6 Å². The molecule has 2 aromatic rings. The van der Waals surface area contributed by atoms with E-state index < -0.39 is 17.8 Å². The lowest BCUT2D eigenvalue weighted by Gasteiger charge is -2.50. The summed E-state index contributed by atoms with van der Waals surface area (Å²) in [6.07, 6.45) is 3.29. The van der Waals surface area contributed by atoms with Gasteiger partial charge in [0.2, 0.25) is 0 Å². The molecule has 5 atom stereocenters. The fourth-order valence-corrected chi connectivity index (χ4v) is 4.75. The number of hydrogen-bond acceptors (Lipinski definition) is 5. The van der Waals surface area contributed by atoms with E-state index in [2.05, 4.69) is 71.3 Å². The molecule has 1 amide bonds. The van der Waals surface area contributed by atoms with E-state index in [-0.39, 0.29) is 22.5 Å². The van der Waals surface area contributed by atoms with Crippen LogP contribution in [-0.2, 0) is 11.3 Å². The highest BCUT2D eigenvalue weighted by Gasteiger charge is 2.43. The average molecular weight is 508 g/mol. The van der Waals surface area contributed by atoms with E-state index in [9.17, 15) is 14.0 Å². The molecular formula is C23H31BrFN5O2. The topological polar surface area (TPSA) is 88.9 Å². The lowest BCUT2D eigenvalue weighted by Crippen LogP contribution is -2.48. The Labute approximate surface area is 196 Å². The van der Waals surface area contributed by atoms with Crippen LogP contribution in [0.25, 0.3) is 0 Å². The minimum Gasteiger partial charge on any atom is -0.380 e. The van der Waals surface area contributed by atoms with Crippen molar-refractivity contribution in [1.29, 1.82) is 0 Å². The van der Waals surface area contributed by atoms with Crippen molar-refractivity contribution >= 4 is 27.5 Å². The van der Waals surface area contributed by atoms with Gasteiger partial charge < -0.3 is 10.6 Å². The largest absolute Gasteiger partial charge is 0.380 e. The number of nitrogens with zero attached hydrogens (tertiary/aromatic N) is 3. The number of aromatic nitrogens is 3. The number of halogens is 2. The lowest BCUT2D eigenvalue weighted by molar-refractivity contribution is -0.129. The van der Waals surface area contributed by atoms with Crippen LogP contribution in [-0.4, -0.2) is 26.7 Å². The molecule has 7 nitrogen and oxygen atoms in total. The second kappa shape index (κ2) is 9.68. The minimum absolute atomic E-state index is 0.129. The Morgan fingerprint density at radius 3 is 2.62 bits per heavy atom. The third-order valence-electron chi connectivity index (χ3n) is 7.41. The minimum atomic E-state index is -2.23.